The number of nitrogens with one attached hydrogen (secondary N) is 1. The molecule has 0 bridgehead atoms. The fraction of sp³-hybridized carbons (Fsp3) is 0.900. The molecule has 170 valence electrons. The van der Waals surface area contributed by atoms with Gasteiger partial charge in [0.1, 0.15) is 0 Å². The zero-order chi connectivity index (χ0) is 21.5. The molecule has 3 heterocycles. The van der Waals surface area contributed by atoms with E-state index in [0.717, 1.165) is 58.3 Å². The number of nitrogens with two attached hydrogens (primary N) is 1. The maximum Gasteiger partial charge on any atom is 0.409 e. The van der Waals surface area contributed by atoms with E-state index in [1.807, 2.05) is 17.2 Å². The van der Waals surface area contributed by atoms with Gasteiger partial charge in [-0.3, -0.25) is 15.1 Å². The highest BCUT2D eigenvalue weighted by Gasteiger charge is 2.53. The highest BCUT2D eigenvalue weighted by atomic mass is 19.3. The molecule has 1 aliphatic carbocycles. The van der Waals surface area contributed by atoms with Crippen molar-refractivity contribution in [3.05, 3.63) is 0 Å². The number of nitrogens with zero attached hydrogens (tertiary/aromatic N) is 3. The second-order valence-corrected chi connectivity index (χ2v) is 9.46. The topological polar surface area (TPSA) is 91.1 Å². The molecule has 0 radical (unpaired) electrons. The van der Waals surface area contributed by atoms with Gasteiger partial charge in [0.05, 0.1) is 19.2 Å². The molecule has 0 aromatic rings. The van der Waals surface area contributed by atoms with Gasteiger partial charge >= 0.3 is 6.09 Å². The van der Waals surface area contributed by atoms with Crippen LogP contribution in [0.3, 0.4) is 0 Å². The van der Waals surface area contributed by atoms with Gasteiger partial charge in [0.25, 0.3) is 11.8 Å². The Hall–Kier alpha value is -1.52. The zero-order valence-electron chi connectivity index (χ0n) is 17.6. The van der Waals surface area contributed by atoms with Crippen molar-refractivity contribution < 1.29 is 23.1 Å². The summed E-state index contributed by atoms with van der Waals surface area (Å²) in [6, 6.07) is -0.367. The molecule has 4 aliphatic rings. The van der Waals surface area contributed by atoms with E-state index in [1.54, 1.807) is 4.90 Å². The average molecular weight is 430 g/mol. The van der Waals surface area contributed by atoms with Crippen molar-refractivity contribution in [3.63, 3.8) is 0 Å². The number of amides is 2. The molecular formula is C20H33F2N5O3. The third-order valence-electron chi connectivity index (χ3n) is 7.54. The van der Waals surface area contributed by atoms with Gasteiger partial charge in [-0.25, -0.2) is 19.4 Å². The number of piperidine rings is 1. The average Bonchev–Trinajstić information content (AvgIpc) is 3.28. The monoisotopic (exact) mass is 429 g/mol. The van der Waals surface area contributed by atoms with Gasteiger partial charge in [-0.2, -0.15) is 0 Å². The Kier molecular flexibility index (Phi) is 5.93. The molecule has 2 amide bonds. The second-order valence-electron chi connectivity index (χ2n) is 9.46. The third kappa shape index (κ3) is 4.13. The lowest BCUT2D eigenvalue weighted by Gasteiger charge is -2.52. The summed E-state index contributed by atoms with van der Waals surface area (Å²) in [5.41, 5.74) is 2.26. The van der Waals surface area contributed by atoms with Gasteiger partial charge in [-0.05, 0) is 57.5 Å². The van der Waals surface area contributed by atoms with E-state index in [2.05, 4.69) is 4.90 Å². The quantitative estimate of drug-likeness (QED) is 0.396. The van der Waals surface area contributed by atoms with E-state index >= 15 is 0 Å². The van der Waals surface area contributed by atoms with E-state index in [0.29, 0.717) is 12.6 Å². The van der Waals surface area contributed by atoms with Crippen molar-refractivity contribution in [1.82, 2.24) is 20.1 Å². The Morgan fingerprint density at radius 3 is 2.43 bits per heavy atom. The Bertz CT molecular complexity index is 665. The number of ether oxygens (including phenoxy) is 1. The molecule has 0 aromatic carbocycles. The molecule has 3 saturated heterocycles. The van der Waals surface area contributed by atoms with Crippen LogP contribution in [0.1, 0.15) is 45.4 Å². The summed E-state index contributed by atoms with van der Waals surface area (Å²) in [5, 5.41) is 0. The number of likely N-dealkylation sites (tertiary alicyclic amines) is 3. The van der Waals surface area contributed by atoms with Gasteiger partial charge in [-0.15, -0.1) is 0 Å². The third-order valence-corrected chi connectivity index (χ3v) is 7.54. The van der Waals surface area contributed by atoms with Gasteiger partial charge in [0, 0.05) is 31.6 Å². The minimum Gasteiger partial charge on any atom is -0.450 e. The number of carbonyl (C=O) groups excluding carboxylic acids is 2. The highest BCUT2D eigenvalue weighted by Crippen LogP contribution is 2.50. The molecule has 8 nitrogen and oxygen atoms in total. The van der Waals surface area contributed by atoms with Gasteiger partial charge in [-0.1, -0.05) is 0 Å². The molecule has 3 aliphatic heterocycles. The van der Waals surface area contributed by atoms with Crippen LogP contribution in [-0.4, -0.2) is 90.1 Å². The zero-order valence-corrected chi connectivity index (χ0v) is 17.6. The molecule has 3 N–H and O–H groups in total. The van der Waals surface area contributed by atoms with E-state index in [4.69, 9.17) is 10.6 Å². The Morgan fingerprint density at radius 1 is 1.10 bits per heavy atom. The van der Waals surface area contributed by atoms with Gasteiger partial charge < -0.3 is 14.5 Å². The van der Waals surface area contributed by atoms with Crippen LogP contribution in [0, 0.1) is 5.41 Å². The van der Waals surface area contributed by atoms with Crippen LogP contribution < -0.4 is 11.3 Å². The van der Waals surface area contributed by atoms with E-state index in [-0.39, 0.29) is 24.1 Å². The SMILES string of the molecule is CCOC(=O)N1CCC2(CC(N3CCC(N4CC(F)(F)C[C@@H]4C(=O)NN)CC3)C2)C1. The van der Waals surface area contributed by atoms with Crippen molar-refractivity contribution in [2.45, 2.75) is 69.5 Å². The first kappa shape index (κ1) is 21.7. The van der Waals surface area contributed by atoms with Crippen molar-refractivity contribution in [2.75, 3.05) is 39.3 Å². The van der Waals surface area contributed by atoms with E-state index in [1.165, 1.54) is 0 Å². The van der Waals surface area contributed by atoms with Crippen LogP contribution in [0.15, 0.2) is 0 Å². The summed E-state index contributed by atoms with van der Waals surface area (Å²) in [6.45, 7) is 5.10. The second kappa shape index (κ2) is 8.20. The van der Waals surface area contributed by atoms with Crippen molar-refractivity contribution in [3.8, 4) is 0 Å². The Balaban J connectivity index is 1.26. The standard InChI is InChI=1S/C20H33F2N5O3/c1-2-30-18(29)26-8-5-19(12-26)9-15(10-19)25-6-3-14(4-7-25)27-13-20(21,22)11-16(27)17(28)24-23/h14-16H,2-13,23H2,1H3,(H,24,28)/t15?,16-,19?/m1/s1. The highest BCUT2D eigenvalue weighted by molar-refractivity contribution is 5.81. The van der Waals surface area contributed by atoms with E-state index in [9.17, 15) is 18.4 Å². The Labute approximate surface area is 176 Å². The minimum absolute atomic E-state index is 0.0169. The molecule has 1 spiro atoms. The fourth-order valence-corrected chi connectivity index (χ4v) is 5.98. The molecule has 0 aromatic heterocycles. The predicted octanol–water partition coefficient (Wildman–Crippen LogP) is 1.16. The van der Waals surface area contributed by atoms with Gasteiger partial charge in [0.15, 0.2) is 0 Å². The predicted molar refractivity (Wildman–Crippen MR) is 106 cm³/mol. The molecule has 4 rings (SSSR count). The number of alkyl halides is 2. The molecule has 10 heteroatoms. The first-order chi connectivity index (χ1) is 14.3. The number of halogens is 2. The molecule has 1 saturated carbocycles. The van der Waals surface area contributed by atoms with E-state index < -0.39 is 24.3 Å². The minimum atomic E-state index is -2.85. The number of rotatable bonds is 4. The first-order valence-corrected chi connectivity index (χ1v) is 11.1. The van der Waals surface area contributed by atoms with Crippen molar-refractivity contribution >= 4 is 12.0 Å². The summed E-state index contributed by atoms with van der Waals surface area (Å²) in [4.78, 5) is 29.9. The van der Waals surface area contributed by atoms with Crippen molar-refractivity contribution in [2.24, 2.45) is 11.3 Å². The Morgan fingerprint density at radius 2 is 1.80 bits per heavy atom. The van der Waals surface area contributed by atoms with Gasteiger partial charge in [0.2, 0.25) is 0 Å². The lowest BCUT2D eigenvalue weighted by Crippen LogP contribution is -2.57. The summed E-state index contributed by atoms with van der Waals surface area (Å²) in [7, 11) is 0. The van der Waals surface area contributed by atoms with Crippen LogP contribution in [0.5, 0.6) is 0 Å². The van der Waals surface area contributed by atoms with Crippen molar-refractivity contribution in [1.29, 1.82) is 0 Å². The lowest BCUT2D eigenvalue weighted by molar-refractivity contribution is -0.126. The summed E-state index contributed by atoms with van der Waals surface area (Å²) in [6.07, 6.45) is 4.07. The van der Waals surface area contributed by atoms with Crippen LogP contribution >= 0.6 is 0 Å². The maximum atomic E-state index is 14.0. The van der Waals surface area contributed by atoms with Crippen LogP contribution in [0.2, 0.25) is 0 Å². The smallest absolute Gasteiger partial charge is 0.409 e. The number of carbonyl (C=O) groups is 2. The normalized spacial score (nSPS) is 34.9. The molecule has 1 atom stereocenters. The lowest BCUT2D eigenvalue weighted by atomic mass is 9.64. The number of hydrogen-bond donors (Lipinski definition) is 2. The first-order valence-electron chi connectivity index (χ1n) is 11.1. The number of hydrazine groups is 1. The molecule has 30 heavy (non-hydrogen) atoms. The van der Waals surface area contributed by atoms with Crippen LogP contribution in [0.25, 0.3) is 0 Å². The maximum absolute atomic E-state index is 14.0. The summed E-state index contributed by atoms with van der Waals surface area (Å²) >= 11 is 0. The number of hydrogen-bond acceptors (Lipinski definition) is 6. The fourth-order valence-electron chi connectivity index (χ4n) is 5.98. The summed E-state index contributed by atoms with van der Waals surface area (Å²) < 4.78 is 33.0. The van der Waals surface area contributed by atoms with Crippen LogP contribution in [0.4, 0.5) is 13.6 Å². The molecule has 0 unspecified atom stereocenters. The molecular weight excluding hydrogens is 396 g/mol. The molecule has 4 fully saturated rings. The summed E-state index contributed by atoms with van der Waals surface area (Å²) in [5.74, 6) is 1.84. The largest absolute Gasteiger partial charge is 0.450 e. The van der Waals surface area contributed by atoms with Crippen LogP contribution in [-0.2, 0) is 9.53 Å².